The van der Waals surface area contributed by atoms with Gasteiger partial charge in [-0.1, -0.05) is 220 Å². The van der Waals surface area contributed by atoms with Crippen LogP contribution in [0.15, 0.2) is 17.4 Å². The lowest BCUT2D eigenvalue weighted by Crippen LogP contribution is -2.52. The van der Waals surface area contributed by atoms with Crippen molar-refractivity contribution in [2.45, 2.75) is 258 Å². The monoisotopic (exact) mass is 672 g/mol. The Labute approximate surface area is 302 Å². The summed E-state index contributed by atoms with van der Waals surface area (Å²) in [5.74, 6) is 1.57. The van der Waals surface area contributed by atoms with Gasteiger partial charge in [-0.3, -0.25) is 0 Å². The van der Waals surface area contributed by atoms with Crippen LogP contribution in [0, 0.1) is 0 Å². The van der Waals surface area contributed by atoms with Gasteiger partial charge in [-0.15, -0.1) is 0 Å². The van der Waals surface area contributed by atoms with E-state index in [1.165, 1.54) is 212 Å². The van der Waals surface area contributed by atoms with Gasteiger partial charge in [0.05, 0.1) is 19.2 Å². The van der Waals surface area contributed by atoms with Gasteiger partial charge in [0.2, 0.25) is 5.84 Å². The Hall–Kier alpha value is -0.960. The summed E-state index contributed by atoms with van der Waals surface area (Å²) in [6, 6.07) is 0. The number of amides is 1. The van der Waals surface area contributed by atoms with Gasteiger partial charge in [0, 0.05) is 6.42 Å². The Kier molecular flexibility index (Phi) is 32.4. The third kappa shape index (κ3) is 24.2. The average molecular weight is 672 g/mol. The van der Waals surface area contributed by atoms with Gasteiger partial charge in [-0.25, -0.2) is 9.79 Å². The van der Waals surface area contributed by atoms with Crippen molar-refractivity contribution in [2.24, 2.45) is 4.99 Å². The van der Waals surface area contributed by atoms with Gasteiger partial charge in [0.25, 0.3) is 0 Å². The molecule has 0 aliphatic carbocycles. The highest BCUT2D eigenvalue weighted by atomic mass is 16.2. The van der Waals surface area contributed by atoms with Crippen molar-refractivity contribution < 1.29 is 9.28 Å². The molecule has 0 saturated carbocycles. The Balaban J connectivity index is 2.38. The highest BCUT2D eigenvalue weighted by Gasteiger charge is 2.41. The highest BCUT2D eigenvalue weighted by Crippen LogP contribution is 2.26. The highest BCUT2D eigenvalue weighted by molar-refractivity contribution is 5.90. The molecule has 0 aromatic heterocycles. The molecule has 0 spiro atoms. The Morgan fingerprint density at radius 3 is 1.12 bits per heavy atom. The molecule has 1 aliphatic heterocycles. The van der Waals surface area contributed by atoms with E-state index in [0.717, 1.165) is 38.1 Å². The number of aliphatic imine (C=N–C) groups is 1. The van der Waals surface area contributed by atoms with Crippen LogP contribution in [0.25, 0.3) is 0 Å². The first kappa shape index (κ1) is 45.1. The molecular weight excluding hydrogens is 585 g/mol. The van der Waals surface area contributed by atoms with E-state index < -0.39 is 0 Å². The molecule has 1 atom stereocenters. The number of carbonyl (C=O) groups is 1. The van der Waals surface area contributed by atoms with Crippen LogP contribution in [0.1, 0.15) is 258 Å². The van der Waals surface area contributed by atoms with Crippen LogP contribution in [0.4, 0.5) is 0 Å². The van der Waals surface area contributed by atoms with Crippen LogP contribution in [0.3, 0.4) is 0 Å². The van der Waals surface area contributed by atoms with Gasteiger partial charge in [0.1, 0.15) is 6.20 Å². The summed E-state index contributed by atoms with van der Waals surface area (Å²) < 4.78 is 0.452. The van der Waals surface area contributed by atoms with E-state index in [0.29, 0.717) is 10.4 Å². The maximum atomic E-state index is 13.9. The van der Waals surface area contributed by atoms with Crippen LogP contribution in [0.2, 0.25) is 0 Å². The molecule has 0 saturated heterocycles. The SMILES string of the molecule is CCCCCCCCCCCCCCCC[N+]1(C(=O)CCCCCCCCCCCC)C=CN=C1CCCCCCCCCCCCC. The minimum atomic E-state index is 0.417. The van der Waals surface area contributed by atoms with E-state index in [4.69, 9.17) is 4.99 Å². The summed E-state index contributed by atoms with van der Waals surface area (Å²) in [4.78, 5) is 18.8. The third-order valence-electron chi connectivity index (χ3n) is 11.1. The molecular formula is C45H87N2O+. The first-order valence-corrected chi connectivity index (χ1v) is 22.4. The van der Waals surface area contributed by atoms with Gasteiger partial charge in [-0.2, -0.15) is 4.48 Å². The fourth-order valence-corrected chi connectivity index (χ4v) is 7.71. The summed E-state index contributed by atoms with van der Waals surface area (Å²) in [6.45, 7) is 7.82. The van der Waals surface area contributed by atoms with Crippen LogP contribution >= 0.6 is 0 Å². The van der Waals surface area contributed by atoms with Crippen molar-refractivity contribution >= 4 is 11.7 Å². The maximum Gasteiger partial charge on any atom is 0.324 e. The number of hydrogen-bond donors (Lipinski definition) is 0. The van der Waals surface area contributed by atoms with Gasteiger partial charge in [0.15, 0.2) is 0 Å². The van der Waals surface area contributed by atoms with E-state index in [1.807, 2.05) is 6.20 Å². The fraction of sp³-hybridized carbons (Fsp3) is 0.911. The Bertz CT molecular complexity index is 758. The molecule has 0 bridgehead atoms. The molecule has 282 valence electrons. The molecule has 3 heteroatoms. The summed E-state index contributed by atoms with van der Waals surface area (Å²) in [5, 5.41) is 0. The van der Waals surface area contributed by atoms with Crippen LogP contribution in [0.5, 0.6) is 0 Å². The molecule has 0 aromatic rings. The zero-order chi connectivity index (χ0) is 34.6. The predicted molar refractivity (Wildman–Crippen MR) is 215 cm³/mol. The van der Waals surface area contributed by atoms with Gasteiger partial charge in [-0.05, 0) is 25.7 Å². The number of hydrogen-bond acceptors (Lipinski definition) is 2. The molecule has 1 heterocycles. The van der Waals surface area contributed by atoms with Crippen LogP contribution in [-0.2, 0) is 4.79 Å². The second kappa shape index (κ2) is 34.5. The zero-order valence-corrected chi connectivity index (χ0v) is 33.3. The molecule has 1 rings (SSSR count). The normalized spacial score (nSPS) is 15.9. The van der Waals surface area contributed by atoms with E-state index >= 15 is 0 Å². The summed E-state index contributed by atoms with van der Waals surface area (Å²) in [5.41, 5.74) is 0. The second-order valence-electron chi connectivity index (χ2n) is 15.6. The molecule has 0 N–H and O–H groups in total. The number of quaternary nitrogens is 1. The van der Waals surface area contributed by atoms with Gasteiger partial charge >= 0.3 is 5.91 Å². The first-order valence-electron chi connectivity index (χ1n) is 22.4. The topological polar surface area (TPSA) is 29.4 Å². The standard InChI is InChI=1S/C45H87N2O/c1-4-7-10-13-16-19-22-23-24-26-29-32-35-38-42-47(45(48)40-37-34-31-28-21-18-15-12-9-6-3)43-41-46-44(47)39-36-33-30-27-25-20-17-14-11-8-5-2/h41,43H,4-40,42H2,1-3H3/q+1. The summed E-state index contributed by atoms with van der Waals surface area (Å²) in [7, 11) is 0. The third-order valence-corrected chi connectivity index (χ3v) is 11.1. The van der Waals surface area contributed by atoms with Crippen molar-refractivity contribution in [2.75, 3.05) is 6.54 Å². The maximum absolute atomic E-state index is 13.9. The lowest BCUT2D eigenvalue weighted by molar-refractivity contribution is -0.708. The molecule has 0 radical (unpaired) electrons. The Morgan fingerprint density at radius 2 is 0.750 bits per heavy atom. The first-order chi connectivity index (χ1) is 23.7. The van der Waals surface area contributed by atoms with Crippen LogP contribution in [-0.4, -0.2) is 22.8 Å². The molecule has 0 fully saturated rings. The van der Waals surface area contributed by atoms with Crippen molar-refractivity contribution in [3.8, 4) is 0 Å². The van der Waals surface area contributed by atoms with Crippen LogP contribution < -0.4 is 0 Å². The fourth-order valence-electron chi connectivity index (χ4n) is 7.71. The molecule has 1 amide bonds. The second-order valence-corrected chi connectivity index (χ2v) is 15.6. The van der Waals surface area contributed by atoms with Crippen molar-refractivity contribution in [3.05, 3.63) is 12.4 Å². The number of rotatable bonds is 38. The molecule has 1 aliphatic rings. The van der Waals surface area contributed by atoms with E-state index in [1.54, 1.807) is 0 Å². The van der Waals surface area contributed by atoms with Crippen molar-refractivity contribution in [1.82, 2.24) is 0 Å². The Morgan fingerprint density at radius 1 is 0.438 bits per heavy atom. The van der Waals surface area contributed by atoms with E-state index in [2.05, 4.69) is 27.0 Å². The van der Waals surface area contributed by atoms with E-state index in [-0.39, 0.29) is 0 Å². The lowest BCUT2D eigenvalue weighted by atomic mass is 10.0. The summed E-state index contributed by atoms with van der Waals surface area (Å²) >= 11 is 0. The minimum absolute atomic E-state index is 0.417. The molecule has 0 aromatic carbocycles. The smallest absolute Gasteiger partial charge is 0.230 e. The quantitative estimate of drug-likeness (QED) is 0.0474. The van der Waals surface area contributed by atoms with Crippen molar-refractivity contribution in [3.63, 3.8) is 0 Å². The molecule has 3 nitrogen and oxygen atoms in total. The predicted octanol–water partition coefficient (Wildman–Crippen LogP) is 15.7. The van der Waals surface area contributed by atoms with Gasteiger partial charge < -0.3 is 0 Å². The summed E-state index contributed by atoms with van der Waals surface area (Å²) in [6.07, 6.45) is 53.2. The number of carbonyl (C=O) groups excluding carboxylic acids is 1. The molecule has 1 unspecified atom stereocenters. The van der Waals surface area contributed by atoms with Crippen molar-refractivity contribution in [1.29, 1.82) is 0 Å². The largest absolute Gasteiger partial charge is 0.324 e. The van der Waals surface area contributed by atoms with E-state index in [9.17, 15) is 4.79 Å². The zero-order valence-electron chi connectivity index (χ0n) is 33.3. The number of unbranched alkanes of at least 4 members (excludes halogenated alkanes) is 32. The lowest BCUT2D eigenvalue weighted by Gasteiger charge is -2.30. The number of amidine groups is 1. The average Bonchev–Trinajstić information content (AvgIpc) is 3.51. The minimum Gasteiger partial charge on any atom is -0.230 e. The molecule has 48 heavy (non-hydrogen) atoms. The number of nitrogens with zero attached hydrogens (tertiary/aromatic N) is 2.